The number of aryl methyl sites for hydroxylation is 2. The van der Waals surface area contributed by atoms with E-state index in [-0.39, 0.29) is 5.56 Å². The lowest BCUT2D eigenvalue weighted by Gasteiger charge is -2.12. The third kappa shape index (κ3) is 3.98. The van der Waals surface area contributed by atoms with Gasteiger partial charge in [-0.2, -0.15) is 5.26 Å². The van der Waals surface area contributed by atoms with E-state index in [4.69, 9.17) is 0 Å². The van der Waals surface area contributed by atoms with Gasteiger partial charge in [0.2, 0.25) is 0 Å². The van der Waals surface area contributed by atoms with Gasteiger partial charge in [0.05, 0.1) is 10.9 Å². The first-order chi connectivity index (χ1) is 11.5. The molecule has 1 heterocycles. The first-order valence-corrected chi connectivity index (χ1v) is 8.58. The van der Waals surface area contributed by atoms with Crippen LogP contribution in [0.2, 0.25) is 0 Å². The van der Waals surface area contributed by atoms with Crippen molar-refractivity contribution in [1.82, 2.24) is 5.32 Å². The first kappa shape index (κ1) is 18.1. The molecule has 2 aromatic rings. The molecule has 24 heavy (non-hydrogen) atoms. The van der Waals surface area contributed by atoms with Crippen LogP contribution in [-0.4, -0.2) is 5.91 Å². The Hall–Kier alpha value is -2.26. The SMILES string of the molecule is CCCc1sc(C(=O)NC(C#N)c2ccc(F)cc2F)cc1CC. The minimum atomic E-state index is -1.17. The van der Waals surface area contributed by atoms with Gasteiger partial charge in [-0.25, -0.2) is 8.78 Å². The molecule has 0 radical (unpaired) electrons. The van der Waals surface area contributed by atoms with E-state index in [0.717, 1.165) is 35.8 Å². The number of amides is 1. The Morgan fingerprint density at radius 1 is 1.33 bits per heavy atom. The van der Waals surface area contributed by atoms with Crippen LogP contribution in [0.15, 0.2) is 24.3 Å². The van der Waals surface area contributed by atoms with E-state index in [2.05, 4.69) is 12.2 Å². The molecule has 0 aliphatic carbocycles. The number of thiophene rings is 1. The molecule has 1 aromatic carbocycles. The lowest BCUT2D eigenvalue weighted by molar-refractivity contribution is 0.0949. The van der Waals surface area contributed by atoms with Crippen LogP contribution in [0, 0.1) is 23.0 Å². The standard InChI is InChI=1S/C18H18F2N2OS/c1-3-5-16-11(4-2)8-17(24-16)18(23)22-15(10-21)13-7-6-12(19)9-14(13)20/h6-9,15H,3-5H2,1-2H3,(H,22,23). The molecule has 0 spiro atoms. The van der Waals surface area contributed by atoms with Crippen molar-refractivity contribution in [2.24, 2.45) is 0 Å². The van der Waals surface area contributed by atoms with Gasteiger partial charge in [0.15, 0.2) is 0 Å². The van der Waals surface area contributed by atoms with E-state index in [1.54, 1.807) is 0 Å². The molecule has 1 atom stereocenters. The quantitative estimate of drug-likeness (QED) is 0.833. The number of rotatable bonds is 6. The predicted octanol–water partition coefficient (Wildman–Crippen LogP) is 4.54. The Bertz CT molecular complexity index is 780. The summed E-state index contributed by atoms with van der Waals surface area (Å²) in [5, 5.41) is 11.8. The number of hydrogen-bond acceptors (Lipinski definition) is 3. The first-order valence-electron chi connectivity index (χ1n) is 7.77. The lowest BCUT2D eigenvalue weighted by Crippen LogP contribution is -2.27. The van der Waals surface area contributed by atoms with Gasteiger partial charge in [0.25, 0.3) is 5.91 Å². The zero-order valence-corrected chi connectivity index (χ0v) is 14.3. The van der Waals surface area contributed by atoms with Crippen LogP contribution < -0.4 is 5.32 Å². The van der Waals surface area contributed by atoms with Crippen molar-refractivity contribution in [3.8, 4) is 6.07 Å². The highest BCUT2D eigenvalue weighted by molar-refractivity contribution is 7.14. The van der Waals surface area contributed by atoms with Gasteiger partial charge in [-0.3, -0.25) is 4.79 Å². The second-order valence-electron chi connectivity index (χ2n) is 5.36. The maximum Gasteiger partial charge on any atom is 0.262 e. The van der Waals surface area contributed by atoms with Crippen LogP contribution >= 0.6 is 11.3 Å². The zero-order valence-electron chi connectivity index (χ0n) is 13.5. The largest absolute Gasteiger partial charge is 0.332 e. The van der Waals surface area contributed by atoms with E-state index in [9.17, 15) is 18.8 Å². The molecule has 6 heteroatoms. The highest BCUT2D eigenvalue weighted by Crippen LogP contribution is 2.26. The van der Waals surface area contributed by atoms with E-state index >= 15 is 0 Å². The Morgan fingerprint density at radius 2 is 2.08 bits per heavy atom. The molecule has 0 aliphatic rings. The minimum Gasteiger partial charge on any atom is -0.332 e. The van der Waals surface area contributed by atoms with Crippen molar-refractivity contribution in [2.45, 2.75) is 39.2 Å². The second kappa shape index (κ2) is 8.02. The summed E-state index contributed by atoms with van der Waals surface area (Å²) in [6.07, 6.45) is 2.71. The van der Waals surface area contributed by atoms with Crippen molar-refractivity contribution in [3.05, 3.63) is 56.8 Å². The highest BCUT2D eigenvalue weighted by Gasteiger charge is 2.21. The summed E-state index contributed by atoms with van der Waals surface area (Å²) in [5.74, 6) is -2.00. The molecular formula is C18H18F2N2OS. The third-order valence-corrected chi connectivity index (χ3v) is 4.89. The van der Waals surface area contributed by atoms with E-state index in [1.807, 2.05) is 19.1 Å². The van der Waals surface area contributed by atoms with Gasteiger partial charge in [0, 0.05) is 16.5 Å². The monoisotopic (exact) mass is 348 g/mol. The topological polar surface area (TPSA) is 52.9 Å². The van der Waals surface area contributed by atoms with Gasteiger partial charge in [-0.15, -0.1) is 11.3 Å². The predicted molar refractivity (Wildman–Crippen MR) is 89.9 cm³/mol. The molecule has 0 aliphatic heterocycles. The van der Waals surface area contributed by atoms with Crippen molar-refractivity contribution in [1.29, 1.82) is 5.26 Å². The van der Waals surface area contributed by atoms with Crippen LogP contribution in [0.25, 0.3) is 0 Å². The average molecular weight is 348 g/mol. The van der Waals surface area contributed by atoms with Crippen LogP contribution in [0.5, 0.6) is 0 Å². The fraction of sp³-hybridized carbons (Fsp3) is 0.333. The molecule has 0 bridgehead atoms. The van der Waals surface area contributed by atoms with E-state index in [1.165, 1.54) is 17.4 Å². The molecule has 2 rings (SSSR count). The Kier molecular flexibility index (Phi) is 6.04. The summed E-state index contributed by atoms with van der Waals surface area (Å²) in [6, 6.07) is 5.44. The van der Waals surface area contributed by atoms with Crippen molar-refractivity contribution in [3.63, 3.8) is 0 Å². The number of hydrogen-bond donors (Lipinski definition) is 1. The molecule has 1 aromatic heterocycles. The highest BCUT2D eigenvalue weighted by atomic mass is 32.1. The summed E-state index contributed by atoms with van der Waals surface area (Å²) >= 11 is 1.40. The molecule has 0 saturated heterocycles. The third-order valence-electron chi connectivity index (χ3n) is 3.66. The Balaban J connectivity index is 2.22. The van der Waals surface area contributed by atoms with Gasteiger partial charge in [-0.1, -0.05) is 26.3 Å². The second-order valence-corrected chi connectivity index (χ2v) is 6.50. The minimum absolute atomic E-state index is 0.0479. The smallest absolute Gasteiger partial charge is 0.262 e. The lowest BCUT2D eigenvalue weighted by atomic mass is 10.1. The summed E-state index contributed by atoms with van der Waals surface area (Å²) in [4.78, 5) is 14.1. The summed E-state index contributed by atoms with van der Waals surface area (Å²) in [6.45, 7) is 4.09. The van der Waals surface area contributed by atoms with Crippen LogP contribution in [0.3, 0.4) is 0 Å². The Labute approximate surface area is 143 Å². The van der Waals surface area contributed by atoms with Crippen LogP contribution in [0.1, 0.15) is 52.0 Å². The normalized spacial score (nSPS) is 11.8. The average Bonchev–Trinajstić information content (AvgIpc) is 2.96. The zero-order chi connectivity index (χ0) is 17.7. The number of carbonyl (C=O) groups excluding carboxylic acids is 1. The Morgan fingerprint density at radius 3 is 2.67 bits per heavy atom. The summed E-state index contributed by atoms with van der Waals surface area (Å²) < 4.78 is 26.8. The fourth-order valence-corrected chi connectivity index (χ4v) is 3.69. The molecule has 1 unspecified atom stereocenters. The number of nitriles is 1. The number of benzene rings is 1. The van der Waals surface area contributed by atoms with Gasteiger partial charge < -0.3 is 5.32 Å². The molecular weight excluding hydrogens is 330 g/mol. The number of nitrogens with zero attached hydrogens (tertiary/aromatic N) is 1. The number of carbonyl (C=O) groups is 1. The fourth-order valence-electron chi connectivity index (χ4n) is 2.43. The maximum atomic E-state index is 13.8. The van der Waals surface area contributed by atoms with Crippen molar-refractivity contribution < 1.29 is 13.6 Å². The molecule has 0 saturated carbocycles. The van der Waals surface area contributed by atoms with Crippen molar-refractivity contribution in [2.75, 3.05) is 0 Å². The summed E-state index contributed by atoms with van der Waals surface area (Å²) in [7, 11) is 0. The van der Waals surface area contributed by atoms with E-state index < -0.39 is 23.6 Å². The van der Waals surface area contributed by atoms with Crippen LogP contribution in [0.4, 0.5) is 8.78 Å². The molecule has 126 valence electrons. The van der Waals surface area contributed by atoms with Gasteiger partial charge in [-0.05, 0) is 30.5 Å². The van der Waals surface area contributed by atoms with Crippen molar-refractivity contribution >= 4 is 17.2 Å². The number of halogens is 2. The summed E-state index contributed by atoms with van der Waals surface area (Å²) in [5.41, 5.74) is 1.07. The molecule has 1 amide bonds. The maximum absolute atomic E-state index is 13.8. The molecule has 3 nitrogen and oxygen atoms in total. The number of nitrogens with one attached hydrogen (secondary N) is 1. The van der Waals surface area contributed by atoms with Gasteiger partial charge in [0.1, 0.15) is 17.7 Å². The van der Waals surface area contributed by atoms with E-state index in [0.29, 0.717) is 10.9 Å². The van der Waals surface area contributed by atoms with Crippen LogP contribution in [-0.2, 0) is 12.8 Å². The molecule has 0 fully saturated rings. The van der Waals surface area contributed by atoms with Gasteiger partial charge >= 0.3 is 0 Å². The molecule has 1 N–H and O–H groups in total.